The van der Waals surface area contributed by atoms with E-state index in [1.807, 2.05) is 0 Å². The van der Waals surface area contributed by atoms with Crippen LogP contribution in [0.15, 0.2) is 40.1 Å². The summed E-state index contributed by atoms with van der Waals surface area (Å²) in [5.41, 5.74) is 0. The van der Waals surface area contributed by atoms with Crippen molar-refractivity contribution >= 4 is 31.0 Å². The number of phenols is 1. The Kier molecular flexibility index (Phi) is 8.73. The molecule has 0 saturated heterocycles. The van der Waals surface area contributed by atoms with E-state index in [9.17, 15) is 21.9 Å². The van der Waals surface area contributed by atoms with Crippen molar-refractivity contribution in [2.24, 2.45) is 0 Å². The molecule has 2 aromatic rings. The van der Waals surface area contributed by atoms with Crippen LogP contribution in [0.25, 0.3) is 10.8 Å². The molecule has 0 fully saturated rings. The number of fused-ring (bicyclic) bond motifs is 1. The van der Waals surface area contributed by atoms with Crippen LogP contribution in [0.4, 0.5) is 0 Å². The van der Waals surface area contributed by atoms with Gasteiger partial charge >= 0.3 is 103 Å². The second-order valence-corrected chi connectivity index (χ2v) is 6.62. The van der Waals surface area contributed by atoms with E-state index in [1.54, 1.807) is 0 Å². The van der Waals surface area contributed by atoms with Crippen LogP contribution in [-0.2, 0) is 20.2 Å². The van der Waals surface area contributed by atoms with Gasteiger partial charge in [0.05, 0.1) is 9.79 Å². The molecule has 0 bridgehead atoms. The number of aromatic hydroxyl groups is 1. The molecule has 0 unspecified atom stereocenters. The Morgan fingerprint density at radius 3 is 1.76 bits per heavy atom. The maximum absolute atomic E-state index is 11.0. The molecule has 7 nitrogen and oxygen atoms in total. The van der Waals surface area contributed by atoms with Crippen LogP contribution in [0.5, 0.6) is 5.75 Å². The second kappa shape index (κ2) is 8.11. The van der Waals surface area contributed by atoms with Crippen LogP contribution in [0, 0.1) is 0 Å². The first kappa shape index (κ1) is 22.6. The van der Waals surface area contributed by atoms with Crippen molar-refractivity contribution in [3.8, 4) is 5.75 Å². The molecule has 3 N–H and O–H groups in total. The molecule has 0 amide bonds. The Hall–Kier alpha value is 1.59. The van der Waals surface area contributed by atoms with E-state index < -0.39 is 35.8 Å². The van der Waals surface area contributed by atoms with Gasteiger partial charge in [-0.25, -0.2) is 0 Å². The van der Waals surface area contributed by atoms with Crippen LogP contribution < -0.4 is 103 Å². The van der Waals surface area contributed by atoms with Gasteiger partial charge in [0.15, 0.2) is 0 Å². The molecule has 0 aliphatic carbocycles. The molecule has 0 saturated carbocycles. The summed E-state index contributed by atoms with van der Waals surface area (Å²) in [6.45, 7) is 0. The molecule has 2 rings (SSSR count). The topological polar surface area (TPSA) is 129 Å². The predicted molar refractivity (Wildman–Crippen MR) is 67.5 cm³/mol. The van der Waals surface area contributed by atoms with Crippen molar-refractivity contribution in [1.29, 1.82) is 0 Å². The number of phenolic OH excluding ortho intramolecular Hbond substituents is 1. The number of rotatable bonds is 2. The smallest absolute Gasteiger partial charge is 1.00 e. The molecule has 0 aromatic heterocycles. The SMILES string of the molecule is O=S(=O)(O)c1ccc2c(O)cc(S(=O)(=O)O)cc2c1.[H-].[H-].[K+].[K+]. The fourth-order valence-corrected chi connectivity index (χ4v) is 2.66. The van der Waals surface area contributed by atoms with E-state index in [0.29, 0.717) is 0 Å². The van der Waals surface area contributed by atoms with Crippen molar-refractivity contribution in [1.82, 2.24) is 0 Å². The summed E-state index contributed by atoms with van der Waals surface area (Å²) in [5, 5.41) is 9.85. The molecular formula is C10H10K2O7S2. The number of hydrogen-bond donors (Lipinski definition) is 3. The molecule has 0 atom stereocenters. The van der Waals surface area contributed by atoms with Crippen molar-refractivity contribution < 1.29 is 137 Å². The predicted octanol–water partition coefficient (Wildman–Crippen LogP) is -4.73. The standard InChI is InChI=1S/C10H8O7S2.2K.2H/c11-10-5-8(19(15,16)17)4-6-3-7(18(12,13)14)1-2-9(6)10;;;;/h1-5,11H,(H,12,13,14)(H,15,16,17);;;;/q;2*+1;2*-1. The van der Waals surface area contributed by atoms with Crippen LogP contribution >= 0.6 is 0 Å². The third-order valence-corrected chi connectivity index (χ3v) is 4.15. The summed E-state index contributed by atoms with van der Waals surface area (Å²) >= 11 is 0. The second-order valence-electron chi connectivity index (χ2n) is 3.78. The molecule has 2 aromatic carbocycles. The molecule has 0 heterocycles. The maximum atomic E-state index is 11.0. The maximum Gasteiger partial charge on any atom is 1.00 e. The van der Waals surface area contributed by atoms with Crippen molar-refractivity contribution in [3.63, 3.8) is 0 Å². The Morgan fingerprint density at radius 2 is 1.29 bits per heavy atom. The monoisotopic (exact) mass is 384 g/mol. The van der Waals surface area contributed by atoms with Gasteiger partial charge in [0.2, 0.25) is 0 Å². The number of benzene rings is 2. The Morgan fingerprint density at radius 1 is 0.810 bits per heavy atom. The van der Waals surface area contributed by atoms with Gasteiger partial charge < -0.3 is 7.96 Å². The Balaban J connectivity index is -0.000001000. The van der Waals surface area contributed by atoms with E-state index >= 15 is 0 Å². The number of hydrogen-bond acceptors (Lipinski definition) is 5. The molecular weight excluding hydrogens is 374 g/mol. The van der Waals surface area contributed by atoms with Crippen LogP contribution in [-0.4, -0.2) is 31.0 Å². The third kappa shape index (κ3) is 5.57. The zero-order chi connectivity index (χ0) is 14.4. The van der Waals surface area contributed by atoms with Gasteiger partial charge in [0.1, 0.15) is 5.75 Å². The minimum atomic E-state index is -4.54. The molecule has 11 heteroatoms. The van der Waals surface area contributed by atoms with Gasteiger partial charge in [-0.3, -0.25) is 9.11 Å². The molecule has 21 heavy (non-hydrogen) atoms. The first-order valence-corrected chi connectivity index (χ1v) is 7.69. The fraction of sp³-hybridized carbons (Fsp3) is 0. The van der Waals surface area contributed by atoms with Gasteiger partial charge in [0, 0.05) is 11.5 Å². The first-order chi connectivity index (χ1) is 8.59. The van der Waals surface area contributed by atoms with Gasteiger partial charge in [-0.15, -0.1) is 0 Å². The summed E-state index contributed by atoms with van der Waals surface area (Å²) in [4.78, 5) is -1.03. The van der Waals surface area contributed by atoms with Crippen molar-refractivity contribution in [3.05, 3.63) is 30.3 Å². The zero-order valence-corrected chi connectivity index (χ0v) is 19.1. The average molecular weight is 385 g/mol. The Bertz CT molecular complexity index is 880. The van der Waals surface area contributed by atoms with Gasteiger partial charge in [-0.05, 0) is 29.7 Å². The van der Waals surface area contributed by atoms with E-state index in [-0.39, 0.29) is 116 Å². The minimum absolute atomic E-state index is 0. The third-order valence-electron chi connectivity index (χ3n) is 2.47. The van der Waals surface area contributed by atoms with Gasteiger partial charge in [-0.1, -0.05) is 0 Å². The zero-order valence-electron chi connectivity index (χ0n) is 13.2. The Labute approximate surface area is 209 Å². The van der Waals surface area contributed by atoms with Crippen molar-refractivity contribution in [2.75, 3.05) is 0 Å². The molecule has 0 radical (unpaired) electrons. The van der Waals surface area contributed by atoms with E-state index in [1.165, 1.54) is 6.07 Å². The average Bonchev–Trinajstić information content (AvgIpc) is 2.25. The van der Waals surface area contributed by atoms with Crippen LogP contribution in [0.3, 0.4) is 0 Å². The molecule has 0 aliphatic heterocycles. The quantitative estimate of drug-likeness (QED) is 0.350. The molecule has 0 spiro atoms. The van der Waals surface area contributed by atoms with E-state index in [4.69, 9.17) is 9.11 Å². The first-order valence-electron chi connectivity index (χ1n) is 4.81. The largest absolute Gasteiger partial charge is 1.00 e. The van der Waals surface area contributed by atoms with E-state index in [0.717, 1.165) is 24.3 Å². The van der Waals surface area contributed by atoms with Gasteiger partial charge in [0.25, 0.3) is 20.2 Å². The summed E-state index contributed by atoms with van der Waals surface area (Å²) in [6.07, 6.45) is 0. The van der Waals surface area contributed by atoms with E-state index in [2.05, 4.69) is 0 Å². The summed E-state index contributed by atoms with van der Waals surface area (Å²) in [7, 11) is -8.99. The normalized spacial score (nSPS) is 11.5. The fourth-order valence-electron chi connectivity index (χ4n) is 1.61. The van der Waals surface area contributed by atoms with Gasteiger partial charge in [-0.2, -0.15) is 16.8 Å². The summed E-state index contributed by atoms with van der Waals surface area (Å²) in [6, 6.07) is 5.08. The van der Waals surface area contributed by atoms with Crippen LogP contribution in [0.1, 0.15) is 2.85 Å². The molecule has 0 aliphatic rings. The summed E-state index contributed by atoms with van der Waals surface area (Å²) < 4.78 is 61.7. The molecule has 106 valence electrons. The van der Waals surface area contributed by atoms with Crippen LogP contribution in [0.2, 0.25) is 0 Å². The summed E-state index contributed by atoms with van der Waals surface area (Å²) in [5.74, 6) is -0.438. The van der Waals surface area contributed by atoms with Crippen molar-refractivity contribution in [2.45, 2.75) is 9.79 Å². The minimum Gasteiger partial charge on any atom is -1.00 e.